The highest BCUT2D eigenvalue weighted by Crippen LogP contribution is 2.45. The molecule has 2 amide bonds. The molecule has 0 saturated heterocycles. The van der Waals surface area contributed by atoms with E-state index >= 15 is 0 Å². The van der Waals surface area contributed by atoms with Crippen molar-refractivity contribution < 1.29 is 14.7 Å². The molecule has 76 valence electrons. The number of carbonyl (C=O) groups is 2. The molecule has 0 radical (unpaired) electrons. The number of amides is 2. The Labute approximate surface area is 81.9 Å². The van der Waals surface area contributed by atoms with Crippen LogP contribution < -0.4 is 10.6 Å². The summed E-state index contributed by atoms with van der Waals surface area (Å²) in [7, 11) is 0. The summed E-state index contributed by atoms with van der Waals surface area (Å²) in [5.41, 5.74) is -0.729. The summed E-state index contributed by atoms with van der Waals surface area (Å²) in [4.78, 5) is 21.7. The Balaban J connectivity index is 2.24. The third-order valence-corrected chi connectivity index (χ3v) is 2.25. The highest BCUT2D eigenvalue weighted by molar-refractivity contribution is 5.80. The van der Waals surface area contributed by atoms with Crippen molar-refractivity contribution in [3.63, 3.8) is 0 Å². The van der Waals surface area contributed by atoms with E-state index in [1.807, 2.05) is 0 Å². The fourth-order valence-corrected chi connectivity index (χ4v) is 1.06. The average molecular weight is 196 g/mol. The minimum absolute atomic E-state index is 0.145. The summed E-state index contributed by atoms with van der Waals surface area (Å²) < 4.78 is 0. The number of urea groups is 1. The van der Waals surface area contributed by atoms with E-state index in [0.29, 0.717) is 12.8 Å². The maximum absolute atomic E-state index is 11.0. The molecule has 1 rings (SSSR count). The van der Waals surface area contributed by atoms with Crippen LogP contribution in [0.4, 0.5) is 4.79 Å². The second-order valence-corrected chi connectivity index (χ2v) is 3.33. The molecular weight excluding hydrogens is 184 g/mol. The summed E-state index contributed by atoms with van der Waals surface area (Å²) in [6.45, 7) is 0.310. The lowest BCUT2D eigenvalue weighted by molar-refractivity contribution is -0.143. The molecule has 0 aromatic rings. The number of carboxylic acids is 1. The largest absolute Gasteiger partial charge is 0.481 e. The van der Waals surface area contributed by atoms with Crippen LogP contribution in [0.15, 0.2) is 0 Å². The Bertz CT molecular complexity index is 289. The number of hydrogen-bond acceptors (Lipinski definition) is 2. The van der Waals surface area contributed by atoms with E-state index in [4.69, 9.17) is 11.5 Å². The maximum Gasteiger partial charge on any atom is 0.315 e. The van der Waals surface area contributed by atoms with Gasteiger partial charge in [-0.05, 0) is 12.8 Å². The van der Waals surface area contributed by atoms with Gasteiger partial charge in [0.25, 0.3) is 0 Å². The van der Waals surface area contributed by atoms with E-state index < -0.39 is 17.4 Å². The highest BCUT2D eigenvalue weighted by Gasteiger charge is 2.50. The van der Waals surface area contributed by atoms with Crippen molar-refractivity contribution in [2.24, 2.45) is 5.41 Å². The molecule has 1 aliphatic carbocycles. The molecule has 1 aliphatic rings. The Kier molecular flexibility index (Phi) is 2.97. The molecular formula is C9H12N2O3. The van der Waals surface area contributed by atoms with Gasteiger partial charge in [0.1, 0.15) is 0 Å². The van der Waals surface area contributed by atoms with Crippen LogP contribution in [-0.4, -0.2) is 30.2 Å². The van der Waals surface area contributed by atoms with Gasteiger partial charge in [0.15, 0.2) is 0 Å². The lowest BCUT2D eigenvalue weighted by atomic mass is 10.1. The van der Waals surface area contributed by atoms with Crippen molar-refractivity contribution >= 4 is 12.0 Å². The zero-order valence-electron chi connectivity index (χ0n) is 7.67. The molecule has 14 heavy (non-hydrogen) atoms. The monoisotopic (exact) mass is 196 g/mol. The molecule has 5 nitrogen and oxygen atoms in total. The number of carbonyl (C=O) groups excluding carboxylic acids is 1. The molecule has 0 spiro atoms. The summed E-state index contributed by atoms with van der Waals surface area (Å²) in [5, 5.41) is 13.7. The van der Waals surface area contributed by atoms with Gasteiger partial charge in [0, 0.05) is 6.54 Å². The summed E-state index contributed by atoms with van der Waals surface area (Å²) in [5.74, 6) is 1.39. The number of rotatable bonds is 4. The predicted octanol–water partition coefficient (Wildman–Crippen LogP) is -0.216. The second kappa shape index (κ2) is 4.01. The first-order valence-electron chi connectivity index (χ1n) is 4.29. The smallest absolute Gasteiger partial charge is 0.315 e. The van der Waals surface area contributed by atoms with E-state index in [1.54, 1.807) is 0 Å². The third-order valence-electron chi connectivity index (χ3n) is 2.25. The molecule has 0 atom stereocenters. The normalized spacial score (nSPS) is 16.5. The van der Waals surface area contributed by atoms with Crippen molar-refractivity contribution in [3.05, 3.63) is 0 Å². The molecule has 3 N–H and O–H groups in total. The van der Waals surface area contributed by atoms with Gasteiger partial charge in [0.05, 0.1) is 12.0 Å². The van der Waals surface area contributed by atoms with E-state index in [9.17, 15) is 9.59 Å². The van der Waals surface area contributed by atoms with E-state index in [0.717, 1.165) is 0 Å². The van der Waals surface area contributed by atoms with Crippen LogP contribution in [0.1, 0.15) is 12.8 Å². The Morgan fingerprint density at radius 3 is 2.50 bits per heavy atom. The average Bonchev–Trinajstić information content (AvgIpc) is 2.92. The standard InChI is InChI=1S/C9H12N2O3/c1-2-5-10-8(14)11-6-9(3-4-9)7(12)13/h1H,3-6H2,(H,12,13)(H2,10,11,14). The number of carboxylic acid groups (broad SMARTS) is 1. The molecule has 0 heterocycles. The van der Waals surface area contributed by atoms with Gasteiger partial charge in [-0.3, -0.25) is 4.79 Å². The van der Waals surface area contributed by atoms with Gasteiger partial charge in [-0.25, -0.2) is 4.79 Å². The number of hydrogen-bond donors (Lipinski definition) is 3. The fraction of sp³-hybridized carbons (Fsp3) is 0.556. The first-order chi connectivity index (χ1) is 6.60. The summed E-state index contributed by atoms with van der Waals surface area (Å²) in [6, 6.07) is -0.421. The van der Waals surface area contributed by atoms with Crippen molar-refractivity contribution in [3.8, 4) is 12.3 Å². The van der Waals surface area contributed by atoms with Gasteiger partial charge in [0.2, 0.25) is 0 Å². The van der Waals surface area contributed by atoms with E-state index in [2.05, 4.69) is 16.6 Å². The molecule has 0 aliphatic heterocycles. The van der Waals surface area contributed by atoms with Crippen LogP contribution in [-0.2, 0) is 4.79 Å². The zero-order chi connectivity index (χ0) is 10.6. The topological polar surface area (TPSA) is 78.4 Å². The first kappa shape index (κ1) is 10.4. The summed E-state index contributed by atoms with van der Waals surface area (Å²) in [6.07, 6.45) is 6.18. The molecule has 1 fully saturated rings. The van der Waals surface area contributed by atoms with Crippen LogP contribution in [0, 0.1) is 17.8 Å². The van der Waals surface area contributed by atoms with Crippen molar-refractivity contribution in [2.45, 2.75) is 12.8 Å². The Hall–Kier alpha value is -1.70. The van der Waals surface area contributed by atoms with Gasteiger partial charge in [-0.1, -0.05) is 5.92 Å². The van der Waals surface area contributed by atoms with Crippen LogP contribution in [0.3, 0.4) is 0 Å². The van der Waals surface area contributed by atoms with Gasteiger partial charge >= 0.3 is 12.0 Å². The molecule has 5 heteroatoms. The van der Waals surface area contributed by atoms with Gasteiger partial charge < -0.3 is 15.7 Å². The van der Waals surface area contributed by atoms with E-state index in [1.165, 1.54) is 0 Å². The summed E-state index contributed by atoms with van der Waals surface area (Å²) >= 11 is 0. The van der Waals surface area contributed by atoms with Crippen molar-refractivity contribution in [1.29, 1.82) is 0 Å². The third kappa shape index (κ3) is 2.39. The van der Waals surface area contributed by atoms with Gasteiger partial charge in [-0.15, -0.1) is 6.42 Å². The molecule has 0 bridgehead atoms. The Morgan fingerprint density at radius 2 is 2.07 bits per heavy atom. The second-order valence-electron chi connectivity index (χ2n) is 3.33. The molecule has 0 aromatic heterocycles. The van der Waals surface area contributed by atoms with Crippen LogP contribution in [0.25, 0.3) is 0 Å². The number of aliphatic carboxylic acids is 1. The lowest BCUT2D eigenvalue weighted by Crippen LogP contribution is -2.40. The first-order valence-corrected chi connectivity index (χ1v) is 4.29. The number of nitrogens with one attached hydrogen (secondary N) is 2. The minimum Gasteiger partial charge on any atom is -0.481 e. The van der Waals surface area contributed by atoms with Crippen molar-refractivity contribution in [2.75, 3.05) is 13.1 Å². The zero-order valence-corrected chi connectivity index (χ0v) is 7.67. The predicted molar refractivity (Wildman–Crippen MR) is 49.5 cm³/mol. The SMILES string of the molecule is C#CCNC(=O)NCC1(C(=O)O)CC1. The van der Waals surface area contributed by atoms with Crippen LogP contribution in [0.2, 0.25) is 0 Å². The van der Waals surface area contributed by atoms with Gasteiger partial charge in [-0.2, -0.15) is 0 Å². The fourth-order valence-electron chi connectivity index (χ4n) is 1.06. The molecule has 0 unspecified atom stereocenters. The minimum atomic E-state index is -0.852. The molecule has 0 aromatic carbocycles. The lowest BCUT2D eigenvalue weighted by Gasteiger charge is -2.10. The van der Waals surface area contributed by atoms with E-state index in [-0.39, 0.29) is 13.1 Å². The Morgan fingerprint density at radius 1 is 1.43 bits per heavy atom. The quantitative estimate of drug-likeness (QED) is 0.544. The van der Waals surface area contributed by atoms with Crippen molar-refractivity contribution in [1.82, 2.24) is 10.6 Å². The van der Waals surface area contributed by atoms with Crippen LogP contribution >= 0.6 is 0 Å². The maximum atomic E-state index is 11.0. The highest BCUT2D eigenvalue weighted by atomic mass is 16.4. The van der Waals surface area contributed by atoms with Crippen LogP contribution in [0.5, 0.6) is 0 Å². The molecule has 1 saturated carbocycles. The number of terminal acetylenes is 1.